The Morgan fingerprint density at radius 3 is 2.75 bits per heavy atom. The van der Waals surface area contributed by atoms with Crippen LogP contribution in [0.4, 0.5) is 0 Å². The summed E-state index contributed by atoms with van der Waals surface area (Å²) in [5.41, 5.74) is 0. The van der Waals surface area contributed by atoms with Crippen molar-refractivity contribution in [2.45, 2.75) is 26.6 Å². The third-order valence-corrected chi connectivity index (χ3v) is 1.10. The second kappa shape index (κ2) is 6.94. The molecule has 0 aliphatic heterocycles. The van der Waals surface area contributed by atoms with E-state index in [1.54, 1.807) is 0 Å². The van der Waals surface area contributed by atoms with E-state index < -0.39 is 6.29 Å². The van der Waals surface area contributed by atoms with Gasteiger partial charge in [-0.25, -0.2) is 4.99 Å². The second-order valence-corrected chi connectivity index (χ2v) is 2.27. The lowest BCUT2D eigenvalue weighted by Crippen LogP contribution is -2.17. The van der Waals surface area contributed by atoms with Crippen LogP contribution in [0.3, 0.4) is 0 Å². The van der Waals surface area contributed by atoms with Crippen molar-refractivity contribution in [3.63, 3.8) is 0 Å². The zero-order chi connectivity index (χ0) is 9.40. The van der Waals surface area contributed by atoms with Crippen LogP contribution in [0.15, 0.2) is 4.99 Å². The molecule has 0 aromatic rings. The molecular weight excluding hydrogens is 158 g/mol. The molecule has 4 heteroatoms. The van der Waals surface area contributed by atoms with Crippen molar-refractivity contribution < 1.29 is 14.3 Å². The highest BCUT2D eigenvalue weighted by atomic mass is 16.7. The number of carbonyl (C=O) groups excluding carboxylic acids is 1. The number of hydrogen-bond donors (Lipinski definition) is 0. The first kappa shape index (κ1) is 11.3. The van der Waals surface area contributed by atoms with E-state index in [1.807, 2.05) is 6.92 Å². The lowest BCUT2D eigenvalue weighted by molar-refractivity contribution is -0.116. The molecule has 0 aliphatic carbocycles. The molecule has 0 heterocycles. The number of aliphatic imine (C=N–C) groups is 1. The highest BCUT2D eigenvalue weighted by Gasteiger charge is 2.01. The molecule has 1 atom stereocenters. The van der Waals surface area contributed by atoms with Crippen LogP contribution in [-0.2, 0) is 14.3 Å². The Balaban J connectivity index is 3.73. The highest BCUT2D eigenvalue weighted by Crippen LogP contribution is 1.91. The summed E-state index contributed by atoms with van der Waals surface area (Å²) in [6.07, 6.45) is 1.76. The first-order valence-electron chi connectivity index (χ1n) is 3.89. The van der Waals surface area contributed by atoms with Gasteiger partial charge in [0, 0.05) is 20.6 Å². The van der Waals surface area contributed by atoms with Crippen LogP contribution in [0.5, 0.6) is 0 Å². The minimum Gasteiger partial charge on any atom is -0.351 e. The van der Waals surface area contributed by atoms with E-state index in [1.165, 1.54) is 20.2 Å². The Hall–Kier alpha value is -0.740. The van der Waals surface area contributed by atoms with E-state index in [0.717, 1.165) is 6.42 Å². The van der Waals surface area contributed by atoms with Gasteiger partial charge in [-0.2, -0.15) is 0 Å². The van der Waals surface area contributed by atoms with Gasteiger partial charge in [0.2, 0.25) is 5.91 Å². The molecule has 0 bridgehead atoms. The Labute approximate surface area is 72.6 Å². The number of rotatable bonds is 5. The summed E-state index contributed by atoms with van der Waals surface area (Å²) in [6.45, 7) is 3.97. The Morgan fingerprint density at radius 2 is 2.33 bits per heavy atom. The SMILES string of the molecule is CCCOC(C=NC(C)=O)OC. The summed E-state index contributed by atoms with van der Waals surface area (Å²) in [5.74, 6) is -0.253. The monoisotopic (exact) mass is 173 g/mol. The fourth-order valence-corrected chi connectivity index (χ4v) is 0.572. The Morgan fingerprint density at radius 1 is 1.67 bits per heavy atom. The van der Waals surface area contributed by atoms with Crippen LogP contribution in [0.2, 0.25) is 0 Å². The topological polar surface area (TPSA) is 47.9 Å². The molecular formula is C8H15NO3. The number of nitrogens with zero attached hydrogens (tertiary/aromatic N) is 1. The summed E-state index contributed by atoms with van der Waals surface area (Å²) < 4.78 is 10.0. The quantitative estimate of drug-likeness (QED) is 0.460. The molecule has 0 saturated carbocycles. The van der Waals surface area contributed by atoms with Crippen LogP contribution in [0, 0.1) is 0 Å². The molecule has 0 aromatic heterocycles. The summed E-state index contributed by atoms with van der Waals surface area (Å²) >= 11 is 0. The van der Waals surface area contributed by atoms with E-state index in [4.69, 9.17) is 9.47 Å². The van der Waals surface area contributed by atoms with Gasteiger partial charge in [0.1, 0.15) is 0 Å². The maximum absolute atomic E-state index is 10.4. The van der Waals surface area contributed by atoms with Crippen LogP contribution >= 0.6 is 0 Å². The molecule has 0 aliphatic rings. The molecule has 70 valence electrons. The van der Waals surface area contributed by atoms with E-state index in [2.05, 4.69) is 4.99 Å². The molecule has 0 saturated heterocycles. The number of ether oxygens (including phenoxy) is 2. The highest BCUT2D eigenvalue weighted by molar-refractivity contribution is 5.83. The fourth-order valence-electron chi connectivity index (χ4n) is 0.572. The van der Waals surface area contributed by atoms with Crippen molar-refractivity contribution in [2.24, 2.45) is 4.99 Å². The number of amides is 1. The summed E-state index contributed by atoms with van der Waals surface area (Å²) in [4.78, 5) is 14.0. The summed E-state index contributed by atoms with van der Waals surface area (Å²) in [7, 11) is 1.51. The van der Waals surface area contributed by atoms with Crippen molar-refractivity contribution in [1.82, 2.24) is 0 Å². The molecule has 0 N–H and O–H groups in total. The minimum atomic E-state index is -0.506. The van der Waals surface area contributed by atoms with Crippen molar-refractivity contribution in [1.29, 1.82) is 0 Å². The van der Waals surface area contributed by atoms with Gasteiger partial charge in [-0.3, -0.25) is 4.79 Å². The average Bonchev–Trinajstić information content (AvgIpc) is 2.05. The zero-order valence-corrected chi connectivity index (χ0v) is 7.74. The van der Waals surface area contributed by atoms with Crippen LogP contribution < -0.4 is 0 Å². The minimum absolute atomic E-state index is 0.253. The van der Waals surface area contributed by atoms with Gasteiger partial charge in [-0.05, 0) is 6.42 Å². The van der Waals surface area contributed by atoms with Crippen LogP contribution in [0.25, 0.3) is 0 Å². The van der Waals surface area contributed by atoms with Crippen LogP contribution in [-0.4, -0.2) is 32.1 Å². The van der Waals surface area contributed by atoms with Gasteiger partial charge < -0.3 is 9.47 Å². The maximum atomic E-state index is 10.4. The molecule has 0 spiro atoms. The molecule has 12 heavy (non-hydrogen) atoms. The standard InChI is InChI=1S/C8H15NO3/c1-4-5-12-8(11-3)6-9-7(2)10/h6,8H,4-5H2,1-3H3. The fraction of sp³-hybridized carbons (Fsp3) is 0.750. The molecule has 0 rings (SSSR count). The van der Waals surface area contributed by atoms with Gasteiger partial charge in [0.15, 0.2) is 6.29 Å². The van der Waals surface area contributed by atoms with Gasteiger partial charge in [-0.15, -0.1) is 0 Å². The number of hydrogen-bond acceptors (Lipinski definition) is 3. The summed E-state index contributed by atoms with van der Waals surface area (Å²) in [6, 6.07) is 0. The van der Waals surface area contributed by atoms with E-state index in [9.17, 15) is 4.79 Å². The van der Waals surface area contributed by atoms with Gasteiger partial charge in [0.25, 0.3) is 0 Å². The normalized spacial score (nSPS) is 13.6. The molecule has 1 unspecified atom stereocenters. The average molecular weight is 173 g/mol. The smallest absolute Gasteiger partial charge is 0.242 e. The van der Waals surface area contributed by atoms with Crippen molar-refractivity contribution in [2.75, 3.05) is 13.7 Å². The lowest BCUT2D eigenvalue weighted by atomic mass is 10.5. The van der Waals surface area contributed by atoms with E-state index in [0.29, 0.717) is 6.61 Å². The molecule has 1 amide bonds. The largest absolute Gasteiger partial charge is 0.351 e. The third-order valence-electron chi connectivity index (χ3n) is 1.10. The van der Waals surface area contributed by atoms with Gasteiger partial charge >= 0.3 is 0 Å². The Kier molecular flexibility index (Phi) is 6.51. The molecule has 0 radical (unpaired) electrons. The van der Waals surface area contributed by atoms with Crippen molar-refractivity contribution in [3.05, 3.63) is 0 Å². The van der Waals surface area contributed by atoms with E-state index in [-0.39, 0.29) is 5.91 Å². The van der Waals surface area contributed by atoms with Gasteiger partial charge in [0.05, 0.1) is 6.21 Å². The third kappa shape index (κ3) is 6.00. The number of methoxy groups -OCH3 is 1. The van der Waals surface area contributed by atoms with Crippen molar-refractivity contribution >= 4 is 12.1 Å². The molecule has 0 fully saturated rings. The number of carbonyl (C=O) groups is 1. The molecule has 0 aromatic carbocycles. The lowest BCUT2D eigenvalue weighted by Gasteiger charge is -2.09. The molecule has 4 nitrogen and oxygen atoms in total. The van der Waals surface area contributed by atoms with Crippen molar-refractivity contribution in [3.8, 4) is 0 Å². The van der Waals surface area contributed by atoms with Crippen LogP contribution in [0.1, 0.15) is 20.3 Å². The zero-order valence-electron chi connectivity index (χ0n) is 7.74. The van der Waals surface area contributed by atoms with Gasteiger partial charge in [-0.1, -0.05) is 6.92 Å². The first-order valence-corrected chi connectivity index (χ1v) is 3.89. The van der Waals surface area contributed by atoms with E-state index >= 15 is 0 Å². The Bertz CT molecular complexity index is 156. The predicted molar refractivity (Wildman–Crippen MR) is 46.2 cm³/mol. The summed E-state index contributed by atoms with van der Waals surface area (Å²) in [5, 5.41) is 0. The maximum Gasteiger partial charge on any atom is 0.242 e. The first-order chi connectivity index (χ1) is 5.70. The second-order valence-electron chi connectivity index (χ2n) is 2.27. The predicted octanol–water partition coefficient (Wildman–Crippen LogP) is 1.00.